The summed E-state index contributed by atoms with van der Waals surface area (Å²) in [5.41, 5.74) is 2.15. The molecule has 1 aliphatic heterocycles. The molecule has 4 heteroatoms. The van der Waals surface area contributed by atoms with Crippen LogP contribution in [0.5, 0.6) is 0 Å². The first-order valence-electron chi connectivity index (χ1n) is 5.92. The molecule has 1 aromatic carbocycles. The number of hydrogen-bond acceptors (Lipinski definition) is 3. The lowest BCUT2D eigenvalue weighted by Crippen LogP contribution is -2.26. The Bertz CT molecular complexity index is 420. The summed E-state index contributed by atoms with van der Waals surface area (Å²) < 4.78 is 0. The van der Waals surface area contributed by atoms with E-state index >= 15 is 0 Å². The second-order valence-corrected chi connectivity index (χ2v) is 5.64. The van der Waals surface area contributed by atoms with E-state index in [1.807, 2.05) is 13.0 Å². The predicted molar refractivity (Wildman–Crippen MR) is 70.4 cm³/mol. The van der Waals surface area contributed by atoms with E-state index in [0.29, 0.717) is 0 Å². The smallest absolute Gasteiger partial charge is 0.237 e. The number of rotatable bonds is 4. The molecule has 0 fully saturated rings. The Hall–Kier alpha value is -1.00. The van der Waals surface area contributed by atoms with Gasteiger partial charge in [-0.25, -0.2) is 0 Å². The monoisotopic (exact) mass is 251 g/mol. The normalized spacial score (nSPS) is 18.7. The van der Waals surface area contributed by atoms with Crippen LogP contribution < -0.4 is 5.32 Å². The quantitative estimate of drug-likeness (QED) is 0.808. The summed E-state index contributed by atoms with van der Waals surface area (Å²) in [6, 6.07) is 6.22. The van der Waals surface area contributed by atoms with Gasteiger partial charge in [0.25, 0.3) is 0 Å². The fourth-order valence-electron chi connectivity index (χ4n) is 1.85. The zero-order valence-corrected chi connectivity index (χ0v) is 10.7. The molecule has 3 nitrogen and oxygen atoms in total. The van der Waals surface area contributed by atoms with Crippen molar-refractivity contribution in [2.24, 2.45) is 0 Å². The number of nitrogens with one attached hydrogen (secondary N) is 1. The maximum Gasteiger partial charge on any atom is 0.237 e. The van der Waals surface area contributed by atoms with Crippen molar-refractivity contribution in [2.75, 3.05) is 11.9 Å². The van der Waals surface area contributed by atoms with E-state index in [0.717, 1.165) is 29.8 Å². The number of carbonyl (C=O) groups excluding carboxylic acids is 1. The summed E-state index contributed by atoms with van der Waals surface area (Å²) in [6.07, 6.45) is 2.76. The minimum atomic E-state index is -0.0114. The summed E-state index contributed by atoms with van der Waals surface area (Å²) in [4.78, 5) is 12.7. The molecule has 1 heterocycles. The van der Waals surface area contributed by atoms with E-state index in [-0.39, 0.29) is 17.8 Å². The third kappa shape index (κ3) is 3.01. The SMILES string of the molecule is CC1Sc2ccc(CCCCO)cc2NC1=O. The van der Waals surface area contributed by atoms with Gasteiger partial charge in [-0.3, -0.25) is 4.79 Å². The number of anilines is 1. The molecule has 0 saturated carbocycles. The number of benzene rings is 1. The van der Waals surface area contributed by atoms with E-state index in [1.54, 1.807) is 11.8 Å². The number of fused-ring (bicyclic) bond motifs is 1. The molecular formula is C13H17NO2S. The molecule has 2 rings (SSSR count). The standard InChI is InChI=1S/C13H17NO2S/c1-9-13(16)14-11-8-10(4-2-3-7-15)5-6-12(11)17-9/h5-6,8-9,15H,2-4,7H2,1H3,(H,14,16). The van der Waals surface area contributed by atoms with Crippen LogP contribution >= 0.6 is 11.8 Å². The van der Waals surface area contributed by atoms with Crippen LogP contribution in [0.1, 0.15) is 25.3 Å². The van der Waals surface area contributed by atoms with Crippen LogP contribution in [0.3, 0.4) is 0 Å². The molecule has 0 aliphatic carbocycles. The summed E-state index contributed by atoms with van der Waals surface area (Å²) in [5.74, 6) is 0.0787. The van der Waals surface area contributed by atoms with Gasteiger partial charge in [0, 0.05) is 11.5 Å². The molecule has 0 aromatic heterocycles. The van der Waals surface area contributed by atoms with Crippen molar-refractivity contribution < 1.29 is 9.90 Å². The zero-order chi connectivity index (χ0) is 12.3. The second kappa shape index (κ2) is 5.56. The van der Waals surface area contributed by atoms with E-state index in [1.165, 1.54) is 5.56 Å². The van der Waals surface area contributed by atoms with Gasteiger partial charge in [-0.05, 0) is 43.9 Å². The number of aryl methyl sites for hydroxylation is 1. The predicted octanol–water partition coefficient (Wildman–Crippen LogP) is 2.43. The van der Waals surface area contributed by atoms with Crippen LogP contribution in [0.25, 0.3) is 0 Å². The molecule has 1 unspecified atom stereocenters. The number of aliphatic hydroxyl groups is 1. The molecule has 1 atom stereocenters. The van der Waals surface area contributed by atoms with Crippen LogP contribution in [-0.4, -0.2) is 22.9 Å². The highest BCUT2D eigenvalue weighted by atomic mass is 32.2. The average molecular weight is 251 g/mol. The van der Waals surface area contributed by atoms with Crippen molar-refractivity contribution in [3.05, 3.63) is 23.8 Å². The van der Waals surface area contributed by atoms with Gasteiger partial charge in [0.2, 0.25) is 5.91 Å². The third-order valence-electron chi connectivity index (χ3n) is 2.85. The molecule has 1 amide bonds. The molecule has 0 radical (unpaired) electrons. The van der Waals surface area contributed by atoms with Crippen molar-refractivity contribution in [3.63, 3.8) is 0 Å². The first kappa shape index (κ1) is 12.5. The number of amides is 1. The number of thioether (sulfide) groups is 1. The van der Waals surface area contributed by atoms with E-state index in [9.17, 15) is 4.79 Å². The van der Waals surface area contributed by atoms with E-state index < -0.39 is 0 Å². The third-order valence-corrected chi connectivity index (χ3v) is 4.03. The Kier molecular flexibility index (Phi) is 4.07. The van der Waals surface area contributed by atoms with Gasteiger partial charge < -0.3 is 10.4 Å². The summed E-state index contributed by atoms with van der Waals surface area (Å²) in [7, 11) is 0. The largest absolute Gasteiger partial charge is 0.396 e. The van der Waals surface area contributed by atoms with Crippen LogP contribution in [-0.2, 0) is 11.2 Å². The Labute approximate surface area is 106 Å². The van der Waals surface area contributed by atoms with Gasteiger partial charge in [0.1, 0.15) is 0 Å². The van der Waals surface area contributed by atoms with E-state index in [2.05, 4.69) is 17.4 Å². The highest BCUT2D eigenvalue weighted by Crippen LogP contribution is 2.36. The highest BCUT2D eigenvalue weighted by molar-refractivity contribution is 8.00. The molecule has 1 aliphatic rings. The highest BCUT2D eigenvalue weighted by Gasteiger charge is 2.22. The first-order valence-corrected chi connectivity index (χ1v) is 6.80. The lowest BCUT2D eigenvalue weighted by Gasteiger charge is -2.21. The molecule has 17 heavy (non-hydrogen) atoms. The van der Waals surface area contributed by atoms with Crippen LogP contribution in [0.15, 0.2) is 23.1 Å². The topological polar surface area (TPSA) is 49.3 Å². The van der Waals surface area contributed by atoms with Crippen molar-refractivity contribution >= 4 is 23.4 Å². The van der Waals surface area contributed by atoms with Crippen molar-refractivity contribution in [3.8, 4) is 0 Å². The first-order chi connectivity index (χ1) is 8.20. The number of aliphatic hydroxyl groups excluding tert-OH is 1. The van der Waals surface area contributed by atoms with Crippen molar-refractivity contribution in [1.29, 1.82) is 0 Å². The lowest BCUT2D eigenvalue weighted by molar-refractivity contribution is -0.115. The summed E-state index contributed by atoms with van der Waals surface area (Å²) >= 11 is 1.60. The Morgan fingerprint density at radius 3 is 3.00 bits per heavy atom. The second-order valence-electron chi connectivity index (χ2n) is 4.26. The summed E-state index contributed by atoms with van der Waals surface area (Å²) in [6.45, 7) is 2.16. The van der Waals surface area contributed by atoms with Crippen molar-refractivity contribution in [1.82, 2.24) is 0 Å². The molecule has 92 valence electrons. The lowest BCUT2D eigenvalue weighted by atomic mass is 10.1. The fourth-order valence-corrected chi connectivity index (χ4v) is 2.78. The molecule has 0 saturated heterocycles. The van der Waals surface area contributed by atoms with Crippen molar-refractivity contribution in [2.45, 2.75) is 36.3 Å². The van der Waals surface area contributed by atoms with Gasteiger partial charge in [-0.2, -0.15) is 0 Å². The fraction of sp³-hybridized carbons (Fsp3) is 0.462. The minimum absolute atomic E-state index is 0.0114. The minimum Gasteiger partial charge on any atom is -0.396 e. The summed E-state index contributed by atoms with van der Waals surface area (Å²) in [5, 5.41) is 11.7. The molecule has 2 N–H and O–H groups in total. The van der Waals surface area contributed by atoms with Crippen LogP contribution in [0, 0.1) is 0 Å². The molecule has 1 aromatic rings. The van der Waals surface area contributed by atoms with Crippen LogP contribution in [0.4, 0.5) is 5.69 Å². The van der Waals surface area contributed by atoms with Crippen LogP contribution in [0.2, 0.25) is 0 Å². The number of hydrogen-bond donors (Lipinski definition) is 2. The van der Waals surface area contributed by atoms with Gasteiger partial charge in [0.05, 0.1) is 10.9 Å². The average Bonchev–Trinajstić information content (AvgIpc) is 2.31. The Balaban J connectivity index is 2.09. The van der Waals surface area contributed by atoms with Gasteiger partial charge in [-0.15, -0.1) is 11.8 Å². The molecule has 0 spiro atoms. The Morgan fingerprint density at radius 1 is 1.41 bits per heavy atom. The Morgan fingerprint density at radius 2 is 2.24 bits per heavy atom. The number of unbranched alkanes of at least 4 members (excludes halogenated alkanes) is 1. The maximum absolute atomic E-state index is 11.6. The maximum atomic E-state index is 11.6. The van der Waals surface area contributed by atoms with Gasteiger partial charge in [0.15, 0.2) is 0 Å². The molecular weight excluding hydrogens is 234 g/mol. The number of carbonyl (C=O) groups is 1. The van der Waals surface area contributed by atoms with Gasteiger partial charge >= 0.3 is 0 Å². The zero-order valence-electron chi connectivity index (χ0n) is 9.90. The molecule has 0 bridgehead atoms. The van der Waals surface area contributed by atoms with E-state index in [4.69, 9.17) is 5.11 Å². The van der Waals surface area contributed by atoms with Gasteiger partial charge in [-0.1, -0.05) is 6.07 Å².